The van der Waals surface area contributed by atoms with E-state index in [2.05, 4.69) is 5.43 Å². The standard InChI is InChI=1S/C13H17FN2O/c1-9-5-6-10(11(14)8-9)13(16-15)12-4-2-3-7-17-12/h4-6,8,13,16H,2-3,7,15H2,1H3. The van der Waals surface area contributed by atoms with Crippen LogP contribution in [0.3, 0.4) is 0 Å². The normalized spacial score (nSPS) is 17.2. The first-order valence-corrected chi connectivity index (χ1v) is 5.77. The van der Waals surface area contributed by atoms with E-state index in [4.69, 9.17) is 10.6 Å². The minimum absolute atomic E-state index is 0.261. The van der Waals surface area contributed by atoms with Crippen LogP contribution in [0.5, 0.6) is 0 Å². The summed E-state index contributed by atoms with van der Waals surface area (Å²) < 4.78 is 19.4. The maximum Gasteiger partial charge on any atom is 0.128 e. The van der Waals surface area contributed by atoms with Crippen molar-refractivity contribution in [3.05, 3.63) is 47.0 Å². The van der Waals surface area contributed by atoms with Crippen molar-refractivity contribution in [2.24, 2.45) is 5.84 Å². The predicted molar refractivity (Wildman–Crippen MR) is 64.5 cm³/mol. The average molecular weight is 236 g/mol. The van der Waals surface area contributed by atoms with E-state index in [-0.39, 0.29) is 5.82 Å². The summed E-state index contributed by atoms with van der Waals surface area (Å²) in [6.45, 7) is 2.52. The van der Waals surface area contributed by atoms with Gasteiger partial charge in [-0.3, -0.25) is 5.84 Å². The summed E-state index contributed by atoms with van der Waals surface area (Å²) in [4.78, 5) is 0. The van der Waals surface area contributed by atoms with Gasteiger partial charge in [-0.05, 0) is 37.5 Å². The summed E-state index contributed by atoms with van der Waals surface area (Å²) in [6, 6.07) is 4.71. The fourth-order valence-corrected chi connectivity index (χ4v) is 1.97. The molecule has 1 heterocycles. The molecule has 0 saturated heterocycles. The molecule has 0 radical (unpaired) electrons. The van der Waals surface area contributed by atoms with Crippen LogP contribution in [-0.2, 0) is 4.74 Å². The smallest absolute Gasteiger partial charge is 0.128 e. The highest BCUT2D eigenvalue weighted by Gasteiger charge is 2.21. The van der Waals surface area contributed by atoms with E-state index in [1.165, 1.54) is 6.07 Å². The third-order valence-corrected chi connectivity index (χ3v) is 2.88. The molecule has 1 aliphatic heterocycles. The molecule has 0 saturated carbocycles. The van der Waals surface area contributed by atoms with Crippen molar-refractivity contribution in [2.45, 2.75) is 25.8 Å². The maximum atomic E-state index is 13.9. The lowest BCUT2D eigenvalue weighted by atomic mass is 10.0. The Bertz CT molecular complexity index is 431. The minimum atomic E-state index is -0.407. The number of hydrazine groups is 1. The Morgan fingerprint density at radius 3 is 2.88 bits per heavy atom. The molecular weight excluding hydrogens is 219 g/mol. The molecule has 2 rings (SSSR count). The lowest BCUT2D eigenvalue weighted by molar-refractivity contribution is 0.167. The molecule has 1 aromatic carbocycles. The van der Waals surface area contributed by atoms with Crippen LogP contribution in [0, 0.1) is 12.7 Å². The zero-order valence-corrected chi connectivity index (χ0v) is 9.87. The monoisotopic (exact) mass is 236 g/mol. The molecule has 92 valence electrons. The molecule has 0 bridgehead atoms. The van der Waals surface area contributed by atoms with E-state index in [0.29, 0.717) is 17.9 Å². The van der Waals surface area contributed by atoms with E-state index in [1.54, 1.807) is 6.07 Å². The Morgan fingerprint density at radius 2 is 2.29 bits per heavy atom. The molecule has 0 spiro atoms. The summed E-state index contributed by atoms with van der Waals surface area (Å²) in [6.07, 6.45) is 3.91. The molecule has 1 atom stereocenters. The third-order valence-electron chi connectivity index (χ3n) is 2.88. The molecular formula is C13H17FN2O. The van der Waals surface area contributed by atoms with Crippen LogP contribution in [0.4, 0.5) is 4.39 Å². The van der Waals surface area contributed by atoms with Gasteiger partial charge in [-0.15, -0.1) is 0 Å². The molecule has 0 aromatic heterocycles. The van der Waals surface area contributed by atoms with Crippen LogP contribution >= 0.6 is 0 Å². The second-order valence-corrected chi connectivity index (χ2v) is 4.22. The van der Waals surface area contributed by atoms with Crippen molar-refractivity contribution in [2.75, 3.05) is 6.61 Å². The summed E-state index contributed by atoms with van der Waals surface area (Å²) in [7, 11) is 0. The Labute approximate surface area is 100 Å². The van der Waals surface area contributed by atoms with Gasteiger partial charge in [0.2, 0.25) is 0 Å². The van der Waals surface area contributed by atoms with Crippen molar-refractivity contribution in [1.29, 1.82) is 0 Å². The molecule has 17 heavy (non-hydrogen) atoms. The molecule has 1 aromatic rings. The van der Waals surface area contributed by atoms with Gasteiger partial charge in [-0.25, -0.2) is 9.82 Å². The second kappa shape index (κ2) is 5.29. The summed E-state index contributed by atoms with van der Waals surface area (Å²) in [5, 5.41) is 0. The van der Waals surface area contributed by atoms with Gasteiger partial charge in [0.1, 0.15) is 17.6 Å². The average Bonchev–Trinajstić information content (AvgIpc) is 2.34. The Kier molecular flexibility index (Phi) is 3.76. The molecule has 0 amide bonds. The predicted octanol–water partition coefficient (Wildman–Crippen LogP) is 2.33. The van der Waals surface area contributed by atoms with E-state index in [9.17, 15) is 4.39 Å². The number of nitrogens with one attached hydrogen (secondary N) is 1. The number of rotatable bonds is 3. The summed E-state index contributed by atoms with van der Waals surface area (Å²) >= 11 is 0. The van der Waals surface area contributed by atoms with Crippen molar-refractivity contribution in [1.82, 2.24) is 5.43 Å². The minimum Gasteiger partial charge on any atom is -0.496 e. The molecule has 0 fully saturated rings. The van der Waals surface area contributed by atoms with Gasteiger partial charge in [0.05, 0.1) is 6.61 Å². The van der Waals surface area contributed by atoms with Gasteiger partial charge in [-0.1, -0.05) is 12.1 Å². The van der Waals surface area contributed by atoms with Crippen LogP contribution in [0.1, 0.15) is 30.0 Å². The Hall–Kier alpha value is -1.39. The Balaban J connectivity index is 2.31. The second-order valence-electron chi connectivity index (χ2n) is 4.22. The van der Waals surface area contributed by atoms with Gasteiger partial charge in [0, 0.05) is 5.56 Å². The fraction of sp³-hybridized carbons (Fsp3) is 0.385. The molecule has 1 unspecified atom stereocenters. The summed E-state index contributed by atoms with van der Waals surface area (Å²) in [5.41, 5.74) is 4.02. The molecule has 3 N–H and O–H groups in total. The number of hydrogen-bond acceptors (Lipinski definition) is 3. The first-order valence-electron chi connectivity index (χ1n) is 5.77. The van der Waals surface area contributed by atoms with Gasteiger partial charge >= 0.3 is 0 Å². The van der Waals surface area contributed by atoms with Crippen LogP contribution in [0.2, 0.25) is 0 Å². The van der Waals surface area contributed by atoms with Crippen molar-refractivity contribution < 1.29 is 9.13 Å². The molecule has 4 heteroatoms. The van der Waals surface area contributed by atoms with Gasteiger partial charge in [-0.2, -0.15) is 0 Å². The topological polar surface area (TPSA) is 47.3 Å². The number of aryl methyl sites for hydroxylation is 1. The number of ether oxygens (including phenoxy) is 1. The molecule has 1 aliphatic rings. The zero-order valence-electron chi connectivity index (χ0n) is 9.87. The number of halogens is 1. The first-order chi connectivity index (χ1) is 8.22. The lowest BCUT2D eigenvalue weighted by Gasteiger charge is -2.23. The number of allylic oxidation sites excluding steroid dienone is 1. The van der Waals surface area contributed by atoms with Crippen LogP contribution in [0.25, 0.3) is 0 Å². The van der Waals surface area contributed by atoms with Crippen LogP contribution in [0.15, 0.2) is 30.0 Å². The van der Waals surface area contributed by atoms with E-state index in [0.717, 1.165) is 18.4 Å². The van der Waals surface area contributed by atoms with E-state index >= 15 is 0 Å². The molecule has 0 aliphatic carbocycles. The highest BCUT2D eigenvalue weighted by molar-refractivity contribution is 5.30. The Morgan fingerprint density at radius 1 is 1.47 bits per heavy atom. The highest BCUT2D eigenvalue weighted by Crippen LogP contribution is 2.27. The van der Waals surface area contributed by atoms with Crippen molar-refractivity contribution >= 4 is 0 Å². The third kappa shape index (κ3) is 2.65. The van der Waals surface area contributed by atoms with Gasteiger partial charge in [0.15, 0.2) is 0 Å². The summed E-state index contributed by atoms with van der Waals surface area (Å²) in [5.74, 6) is 5.95. The maximum absolute atomic E-state index is 13.9. The van der Waals surface area contributed by atoms with Crippen LogP contribution in [-0.4, -0.2) is 6.61 Å². The number of nitrogens with two attached hydrogens (primary N) is 1. The van der Waals surface area contributed by atoms with E-state index in [1.807, 2.05) is 19.1 Å². The zero-order chi connectivity index (χ0) is 12.3. The number of hydrogen-bond donors (Lipinski definition) is 2. The van der Waals surface area contributed by atoms with Crippen molar-refractivity contribution in [3.63, 3.8) is 0 Å². The van der Waals surface area contributed by atoms with E-state index < -0.39 is 6.04 Å². The SMILES string of the molecule is Cc1ccc(C(NN)C2=CCCCO2)c(F)c1. The van der Waals surface area contributed by atoms with Gasteiger partial charge in [0.25, 0.3) is 0 Å². The van der Waals surface area contributed by atoms with Crippen molar-refractivity contribution in [3.8, 4) is 0 Å². The number of benzene rings is 1. The first kappa shape index (κ1) is 12.1. The largest absolute Gasteiger partial charge is 0.496 e. The fourth-order valence-electron chi connectivity index (χ4n) is 1.97. The highest BCUT2D eigenvalue weighted by atomic mass is 19.1. The van der Waals surface area contributed by atoms with Crippen LogP contribution < -0.4 is 11.3 Å². The quantitative estimate of drug-likeness (QED) is 0.625. The van der Waals surface area contributed by atoms with Gasteiger partial charge < -0.3 is 4.74 Å². The molecule has 3 nitrogen and oxygen atoms in total. The lowest BCUT2D eigenvalue weighted by Crippen LogP contribution is -2.31.